The molecular formula is C55H40Cl2N4O12. The Hall–Kier alpha value is -8.99. The van der Waals surface area contributed by atoms with Gasteiger partial charge in [0.15, 0.2) is 5.43 Å². The van der Waals surface area contributed by atoms with Gasteiger partial charge in [-0.25, -0.2) is 14.4 Å². The molecule has 0 bridgehead atoms. The standard InChI is InChI=1S/C55H40Cl2N4O12/c1-4-59-40-21-44-35(16-25(40)3)46(34-15-24(2)39(58)20-43(34)72-44)47-38(56)19-36(49(57)48(47)55(70)71)52(65)60-22-26-5-7-27(8-6-26)51(64)61-23-37-41(63)14-13-32-45(31-12-10-29(62)18-42(31)73-50(32)37)30-11-9-28(53(66)67)17-33(30)54(68)69/h5-21,62H,4,22-23,58H2,1-3H3,(H,60,65)(H,61,64)(H,66,67)(H,68,69)(H,70,71). The van der Waals surface area contributed by atoms with Gasteiger partial charge in [0.25, 0.3) is 11.8 Å². The number of nitrogens with zero attached hydrogens (tertiary/aromatic N) is 1. The fourth-order valence-electron chi connectivity index (χ4n) is 8.88. The lowest BCUT2D eigenvalue weighted by atomic mass is 9.88. The van der Waals surface area contributed by atoms with Crippen molar-refractivity contribution in [3.8, 4) is 50.7 Å². The number of carbonyl (C=O) groups is 5. The Morgan fingerprint density at radius 2 is 1.34 bits per heavy atom. The van der Waals surface area contributed by atoms with Crippen LogP contribution in [0.15, 0.2) is 122 Å². The number of carbonyl (C=O) groups excluding carboxylic acids is 2. The molecule has 366 valence electrons. The van der Waals surface area contributed by atoms with Crippen LogP contribution in [0.3, 0.4) is 0 Å². The molecule has 0 atom stereocenters. The van der Waals surface area contributed by atoms with E-state index in [1.807, 2.05) is 19.9 Å². The minimum absolute atomic E-state index is 0.00208. The Bertz CT molecular complexity index is 3920. The lowest BCUT2D eigenvalue weighted by Crippen LogP contribution is -2.27. The first-order chi connectivity index (χ1) is 34.8. The van der Waals surface area contributed by atoms with Gasteiger partial charge in [-0.05, 0) is 110 Å². The molecule has 2 heterocycles. The first-order valence-electron chi connectivity index (χ1n) is 22.4. The third kappa shape index (κ3) is 9.05. The van der Waals surface area contributed by atoms with Crippen LogP contribution in [-0.4, -0.2) is 56.7 Å². The zero-order chi connectivity index (χ0) is 52.2. The van der Waals surface area contributed by atoms with Crippen LogP contribution in [0, 0.1) is 13.8 Å². The smallest absolute Gasteiger partial charge is 0.337 e. The number of anilines is 1. The maximum Gasteiger partial charge on any atom is 0.337 e. The van der Waals surface area contributed by atoms with Crippen LogP contribution in [0.25, 0.3) is 66.8 Å². The second kappa shape index (κ2) is 19.3. The van der Waals surface area contributed by atoms with Crippen molar-refractivity contribution < 1.29 is 53.2 Å². The van der Waals surface area contributed by atoms with Gasteiger partial charge in [0.2, 0.25) is 0 Å². The first-order valence-corrected chi connectivity index (χ1v) is 23.1. The van der Waals surface area contributed by atoms with E-state index in [9.17, 15) is 49.2 Å². The molecule has 16 nitrogen and oxygen atoms in total. The van der Waals surface area contributed by atoms with Gasteiger partial charge in [-0.3, -0.25) is 19.4 Å². The number of hydrogen-bond donors (Lipinski definition) is 7. The maximum absolute atomic E-state index is 13.8. The average molecular weight is 1020 g/mol. The van der Waals surface area contributed by atoms with Crippen molar-refractivity contribution >= 4 is 80.6 Å². The molecule has 0 fully saturated rings. The summed E-state index contributed by atoms with van der Waals surface area (Å²) in [6.45, 7) is 5.67. The van der Waals surface area contributed by atoms with Gasteiger partial charge in [0.05, 0.1) is 49.8 Å². The second-order valence-electron chi connectivity index (χ2n) is 17.1. The molecule has 5 aromatic carbocycles. The van der Waals surface area contributed by atoms with E-state index in [0.29, 0.717) is 62.0 Å². The fraction of sp³-hybridized carbons (Fsp3) is 0.109. The summed E-state index contributed by atoms with van der Waals surface area (Å²) >= 11 is 13.9. The molecule has 8 N–H and O–H groups in total. The number of aromatic hydroxyl groups is 1. The van der Waals surface area contributed by atoms with Gasteiger partial charge in [-0.2, -0.15) is 0 Å². The van der Waals surface area contributed by atoms with Crippen LogP contribution < -0.4 is 27.2 Å². The summed E-state index contributed by atoms with van der Waals surface area (Å²) in [6.07, 6.45) is 0. The second-order valence-corrected chi connectivity index (χ2v) is 17.9. The molecule has 9 rings (SSSR count). The third-order valence-electron chi connectivity index (χ3n) is 12.5. The number of nitrogens with two attached hydrogens (primary N) is 1. The monoisotopic (exact) mass is 1020 g/mol. The highest BCUT2D eigenvalue weighted by Crippen LogP contribution is 2.48. The SMILES string of the molecule is CCN=c1cc2oc3cc(N)c(C)cc3c(-c3c(Cl)cc(C(=O)NCc4ccc(C(=O)NCc5c6oc7cc(O)ccc7c(-c7ccc(C(=O)O)cc7C(=O)O)c-6ccc5=O)cc4)c(Cl)c3C(=O)O)c-2cc1C. The van der Waals surface area contributed by atoms with Crippen LogP contribution in [0.4, 0.5) is 5.69 Å². The number of amides is 2. The van der Waals surface area contributed by atoms with Gasteiger partial charge in [-0.15, -0.1) is 0 Å². The molecule has 18 heteroatoms. The number of carboxylic acid groups (broad SMARTS) is 3. The van der Waals surface area contributed by atoms with Crippen LogP contribution >= 0.6 is 23.2 Å². The zero-order valence-corrected chi connectivity index (χ0v) is 40.3. The molecule has 2 aliphatic carbocycles. The summed E-state index contributed by atoms with van der Waals surface area (Å²) in [6, 6.07) is 24.9. The molecule has 0 saturated carbocycles. The molecule has 0 spiro atoms. The number of fused-ring (bicyclic) bond motifs is 4. The Kier molecular flexibility index (Phi) is 13.0. The number of benzene rings is 7. The number of hydrogen-bond acceptors (Lipinski definition) is 11. The molecule has 2 aliphatic heterocycles. The van der Waals surface area contributed by atoms with Crippen LogP contribution in [0.5, 0.6) is 5.75 Å². The summed E-state index contributed by atoms with van der Waals surface area (Å²) in [4.78, 5) is 82.7. The molecule has 0 aromatic heterocycles. The van der Waals surface area contributed by atoms with Crippen molar-refractivity contribution in [2.24, 2.45) is 4.99 Å². The predicted molar refractivity (Wildman–Crippen MR) is 274 cm³/mol. The van der Waals surface area contributed by atoms with Crippen LogP contribution in [0.1, 0.15) is 81.0 Å². The first kappa shape index (κ1) is 49.0. The molecule has 0 unspecified atom stereocenters. The summed E-state index contributed by atoms with van der Waals surface area (Å²) in [5, 5.41) is 47.4. The van der Waals surface area contributed by atoms with Gasteiger partial charge in [0, 0.05) is 81.1 Å². The van der Waals surface area contributed by atoms with E-state index in [1.54, 1.807) is 37.3 Å². The van der Waals surface area contributed by atoms with E-state index >= 15 is 0 Å². The Morgan fingerprint density at radius 3 is 2.04 bits per heavy atom. The number of aryl methyl sites for hydroxylation is 2. The van der Waals surface area contributed by atoms with Gasteiger partial charge >= 0.3 is 17.9 Å². The number of aromatic carboxylic acids is 3. The van der Waals surface area contributed by atoms with Crippen molar-refractivity contribution in [2.45, 2.75) is 33.9 Å². The minimum Gasteiger partial charge on any atom is -0.508 e. The van der Waals surface area contributed by atoms with Gasteiger partial charge in [0.1, 0.15) is 28.4 Å². The van der Waals surface area contributed by atoms with Crippen molar-refractivity contribution in [3.05, 3.63) is 179 Å². The zero-order valence-electron chi connectivity index (χ0n) is 38.8. The quantitative estimate of drug-likeness (QED) is 0.0444. The third-order valence-corrected chi connectivity index (χ3v) is 13.2. The molecule has 0 saturated heterocycles. The number of phenols is 1. The predicted octanol–water partition coefficient (Wildman–Crippen LogP) is 10.2. The Labute approximate surface area is 423 Å². The molecule has 4 aliphatic rings. The van der Waals surface area contributed by atoms with Crippen molar-refractivity contribution in [2.75, 3.05) is 12.3 Å². The van der Waals surface area contributed by atoms with E-state index in [0.717, 1.165) is 11.6 Å². The van der Waals surface area contributed by atoms with E-state index in [1.165, 1.54) is 60.7 Å². The van der Waals surface area contributed by atoms with Crippen LogP contribution in [-0.2, 0) is 13.1 Å². The van der Waals surface area contributed by atoms with Crippen LogP contribution in [0.2, 0.25) is 10.0 Å². The summed E-state index contributed by atoms with van der Waals surface area (Å²) in [5.74, 6) is -5.31. The van der Waals surface area contributed by atoms with E-state index in [2.05, 4.69) is 15.6 Å². The molecule has 5 aromatic rings. The number of carboxylic acids is 3. The summed E-state index contributed by atoms with van der Waals surface area (Å²) in [5.41, 5.74) is 9.35. The number of nitrogens with one attached hydrogen (secondary N) is 2. The van der Waals surface area contributed by atoms with Gasteiger partial charge < -0.3 is 45.6 Å². The van der Waals surface area contributed by atoms with E-state index in [-0.39, 0.29) is 90.3 Å². The largest absolute Gasteiger partial charge is 0.508 e. The van der Waals surface area contributed by atoms with Gasteiger partial charge in [-0.1, -0.05) is 41.4 Å². The van der Waals surface area contributed by atoms with Crippen molar-refractivity contribution in [1.82, 2.24) is 10.6 Å². The topological polar surface area (TPSA) is 272 Å². The number of nitrogen functional groups attached to an aromatic ring is 1. The fourth-order valence-corrected chi connectivity index (χ4v) is 9.50. The average Bonchev–Trinajstić information content (AvgIpc) is 3.35. The maximum atomic E-state index is 13.8. The van der Waals surface area contributed by atoms with Crippen molar-refractivity contribution in [1.29, 1.82) is 0 Å². The van der Waals surface area contributed by atoms with Crippen molar-refractivity contribution in [3.63, 3.8) is 0 Å². The summed E-state index contributed by atoms with van der Waals surface area (Å²) in [7, 11) is 0. The van der Waals surface area contributed by atoms with E-state index < -0.39 is 40.7 Å². The molecule has 2 amide bonds. The number of phenolic OH excluding ortho intramolecular Hbond substituents is 1. The molecular weight excluding hydrogens is 980 g/mol. The Balaban J connectivity index is 0.970. The normalized spacial score (nSPS) is 11.7. The molecule has 0 radical (unpaired) electrons. The minimum atomic E-state index is -1.44. The summed E-state index contributed by atoms with van der Waals surface area (Å²) < 4.78 is 12.5. The highest BCUT2D eigenvalue weighted by Gasteiger charge is 2.31. The highest BCUT2D eigenvalue weighted by molar-refractivity contribution is 6.41. The lowest BCUT2D eigenvalue weighted by molar-refractivity contribution is 0.0682. The molecule has 73 heavy (non-hydrogen) atoms. The lowest BCUT2D eigenvalue weighted by Gasteiger charge is -2.21. The number of rotatable bonds is 12. The number of halogens is 2. The van der Waals surface area contributed by atoms with E-state index in [4.69, 9.17) is 37.8 Å². The highest BCUT2D eigenvalue weighted by atomic mass is 35.5. The Morgan fingerprint density at radius 1 is 0.644 bits per heavy atom.